The van der Waals surface area contributed by atoms with Gasteiger partial charge in [0.1, 0.15) is 0 Å². The predicted octanol–water partition coefficient (Wildman–Crippen LogP) is 3.55. The number of hydrogen-bond acceptors (Lipinski definition) is 4. The van der Waals surface area contributed by atoms with Crippen molar-refractivity contribution < 1.29 is 14.3 Å². The summed E-state index contributed by atoms with van der Waals surface area (Å²) in [7, 11) is 0. The van der Waals surface area contributed by atoms with Gasteiger partial charge in [-0.05, 0) is 31.0 Å². The number of cyclic esters (lactones) is 1. The molecule has 0 aromatic heterocycles. The molecule has 1 heterocycles. The molecule has 1 fully saturated rings. The first-order chi connectivity index (χ1) is 13.6. The van der Waals surface area contributed by atoms with E-state index in [0.29, 0.717) is 22.4 Å². The van der Waals surface area contributed by atoms with Crippen LogP contribution in [0.2, 0.25) is 0 Å². The lowest BCUT2D eigenvalue weighted by Crippen LogP contribution is -2.53. The zero-order valence-electron chi connectivity index (χ0n) is 15.5. The second-order valence-electron chi connectivity index (χ2n) is 7.24. The highest BCUT2D eigenvalue weighted by Gasteiger charge is 2.52. The van der Waals surface area contributed by atoms with E-state index in [1.54, 1.807) is 36.4 Å². The van der Waals surface area contributed by atoms with Crippen LogP contribution in [-0.4, -0.2) is 17.9 Å². The summed E-state index contributed by atoms with van der Waals surface area (Å²) in [4.78, 5) is 26.0. The van der Waals surface area contributed by atoms with Gasteiger partial charge in [0.05, 0.1) is 11.3 Å². The molecule has 28 heavy (non-hydrogen) atoms. The van der Waals surface area contributed by atoms with Crippen LogP contribution in [-0.2, 0) is 15.3 Å². The molecule has 0 bridgehead atoms. The van der Waals surface area contributed by atoms with Gasteiger partial charge >= 0.3 is 5.97 Å². The van der Waals surface area contributed by atoms with Crippen LogP contribution >= 0.6 is 0 Å². The molecule has 142 valence electrons. The number of nitrogens with one attached hydrogen (secondary N) is 2. The number of benzene rings is 2. The summed E-state index contributed by atoms with van der Waals surface area (Å²) >= 11 is 0. The molecule has 0 radical (unpaired) electrons. The summed E-state index contributed by atoms with van der Waals surface area (Å²) in [5, 5.41) is 6.24. The average molecular weight is 374 g/mol. The van der Waals surface area contributed by atoms with Gasteiger partial charge in [-0.25, -0.2) is 4.79 Å². The van der Waals surface area contributed by atoms with Gasteiger partial charge in [0.2, 0.25) is 0 Å². The van der Waals surface area contributed by atoms with Gasteiger partial charge in [0.15, 0.2) is 0 Å². The highest BCUT2D eigenvalue weighted by Crippen LogP contribution is 2.38. The van der Waals surface area contributed by atoms with E-state index < -0.39 is 11.7 Å². The maximum atomic E-state index is 13.4. The van der Waals surface area contributed by atoms with Crippen LogP contribution in [0.25, 0.3) is 0 Å². The summed E-state index contributed by atoms with van der Waals surface area (Å²) < 4.78 is 5.70. The first kappa shape index (κ1) is 18.1. The van der Waals surface area contributed by atoms with Gasteiger partial charge in [-0.3, -0.25) is 4.79 Å². The van der Waals surface area contributed by atoms with Crippen molar-refractivity contribution in [3.8, 4) is 12.3 Å². The summed E-state index contributed by atoms with van der Waals surface area (Å²) in [6.45, 7) is 0. The number of fused-ring (bicyclic) bond motifs is 1. The second-order valence-corrected chi connectivity index (χ2v) is 7.24. The number of para-hydroxylation sites is 1. The largest absolute Gasteiger partial charge is 0.421 e. The summed E-state index contributed by atoms with van der Waals surface area (Å²) in [6, 6.07) is 14.2. The van der Waals surface area contributed by atoms with Crippen LogP contribution in [0.15, 0.2) is 48.5 Å². The zero-order chi connectivity index (χ0) is 19.6. The maximum absolute atomic E-state index is 13.4. The van der Waals surface area contributed by atoms with Crippen molar-refractivity contribution in [2.75, 3.05) is 5.32 Å². The molecule has 2 aromatic carbocycles. The van der Waals surface area contributed by atoms with Gasteiger partial charge < -0.3 is 15.4 Å². The number of terminal acetylenes is 1. The fourth-order valence-corrected chi connectivity index (χ4v) is 3.98. The molecular weight excluding hydrogens is 352 g/mol. The van der Waals surface area contributed by atoms with Crippen LogP contribution in [0.4, 0.5) is 5.69 Å². The third-order valence-corrected chi connectivity index (χ3v) is 5.43. The molecule has 5 nitrogen and oxygen atoms in total. The number of rotatable bonds is 4. The molecule has 2 aliphatic rings. The van der Waals surface area contributed by atoms with E-state index in [1.165, 1.54) is 6.42 Å². The third-order valence-electron chi connectivity index (χ3n) is 5.43. The quantitative estimate of drug-likeness (QED) is 0.634. The molecule has 1 unspecified atom stereocenters. The third kappa shape index (κ3) is 3.11. The lowest BCUT2D eigenvalue weighted by molar-refractivity contribution is -0.138. The van der Waals surface area contributed by atoms with Gasteiger partial charge in [-0.2, -0.15) is 0 Å². The Morgan fingerprint density at radius 2 is 1.79 bits per heavy atom. The van der Waals surface area contributed by atoms with Gasteiger partial charge in [0, 0.05) is 17.2 Å². The first-order valence-electron chi connectivity index (χ1n) is 9.62. The van der Waals surface area contributed by atoms with E-state index in [1.807, 2.05) is 12.1 Å². The van der Waals surface area contributed by atoms with Crippen LogP contribution in [0.1, 0.15) is 53.6 Å². The molecule has 2 aromatic rings. The Kier molecular flexibility index (Phi) is 4.79. The number of carbonyl (C=O) groups is 2. The number of ether oxygens (including phenoxy) is 1. The smallest absolute Gasteiger partial charge is 0.341 e. The number of amides is 1. The Bertz CT molecular complexity index is 956. The van der Waals surface area contributed by atoms with E-state index in [4.69, 9.17) is 11.2 Å². The molecular formula is C23H22N2O3. The Hall–Kier alpha value is -3.26. The summed E-state index contributed by atoms with van der Waals surface area (Å²) in [6.07, 6.45) is 10.8. The highest BCUT2D eigenvalue weighted by molar-refractivity contribution is 6.03. The number of anilines is 1. The number of carbonyl (C=O) groups excluding carboxylic acids is 2. The van der Waals surface area contributed by atoms with E-state index in [-0.39, 0.29) is 11.9 Å². The molecule has 1 saturated carbocycles. The molecule has 1 aliphatic heterocycles. The van der Waals surface area contributed by atoms with Crippen molar-refractivity contribution in [3.63, 3.8) is 0 Å². The zero-order valence-corrected chi connectivity index (χ0v) is 15.5. The SMILES string of the molecule is C#Cc1ccccc1NC1(C(=O)NC2CCCCC2)OC(=O)c2ccccc21. The Labute approximate surface area is 164 Å². The van der Waals surface area contributed by atoms with E-state index in [2.05, 4.69) is 16.6 Å². The van der Waals surface area contributed by atoms with Crippen molar-refractivity contribution in [2.45, 2.75) is 43.9 Å². The first-order valence-corrected chi connectivity index (χ1v) is 9.62. The van der Waals surface area contributed by atoms with Crippen molar-refractivity contribution in [1.82, 2.24) is 5.32 Å². The molecule has 2 N–H and O–H groups in total. The Balaban J connectivity index is 1.75. The van der Waals surface area contributed by atoms with Crippen molar-refractivity contribution >= 4 is 17.6 Å². The normalized spacial score (nSPS) is 21.3. The van der Waals surface area contributed by atoms with Crippen LogP contribution < -0.4 is 10.6 Å². The lowest BCUT2D eigenvalue weighted by atomic mass is 9.93. The topological polar surface area (TPSA) is 67.4 Å². The van der Waals surface area contributed by atoms with Crippen LogP contribution in [0.5, 0.6) is 0 Å². The Morgan fingerprint density at radius 1 is 1.07 bits per heavy atom. The van der Waals surface area contributed by atoms with Crippen LogP contribution in [0, 0.1) is 12.3 Å². The Morgan fingerprint density at radius 3 is 2.57 bits per heavy atom. The monoisotopic (exact) mass is 374 g/mol. The number of hydrogen-bond donors (Lipinski definition) is 2. The highest BCUT2D eigenvalue weighted by atomic mass is 16.6. The van der Waals surface area contributed by atoms with E-state index in [9.17, 15) is 9.59 Å². The summed E-state index contributed by atoms with van der Waals surface area (Å²) in [5.74, 6) is 1.71. The average Bonchev–Trinajstić information content (AvgIpc) is 3.02. The van der Waals surface area contributed by atoms with Crippen molar-refractivity contribution in [2.24, 2.45) is 0 Å². The van der Waals surface area contributed by atoms with Crippen molar-refractivity contribution in [3.05, 3.63) is 65.2 Å². The maximum Gasteiger partial charge on any atom is 0.341 e. The molecule has 5 heteroatoms. The fourth-order valence-electron chi connectivity index (χ4n) is 3.98. The molecule has 1 atom stereocenters. The molecule has 4 rings (SSSR count). The minimum atomic E-state index is -1.64. The molecule has 0 spiro atoms. The molecule has 1 amide bonds. The molecule has 1 aliphatic carbocycles. The van der Waals surface area contributed by atoms with Gasteiger partial charge in [-0.1, -0.05) is 55.5 Å². The minimum Gasteiger partial charge on any atom is -0.421 e. The standard InChI is InChI=1S/C23H22N2O3/c1-2-16-10-6-9-15-20(16)25-23(22(27)24-17-11-4-3-5-12-17)19-14-8-7-13-18(19)21(26)28-23/h1,6-10,13-15,17,25H,3-5,11-12H2,(H,24,27). The fraction of sp³-hybridized carbons (Fsp3) is 0.304. The predicted molar refractivity (Wildman–Crippen MR) is 107 cm³/mol. The van der Waals surface area contributed by atoms with Gasteiger partial charge in [0.25, 0.3) is 11.6 Å². The van der Waals surface area contributed by atoms with E-state index in [0.717, 1.165) is 25.7 Å². The number of esters is 1. The summed E-state index contributed by atoms with van der Waals surface area (Å²) in [5.41, 5.74) is 0.395. The minimum absolute atomic E-state index is 0.0780. The lowest BCUT2D eigenvalue weighted by Gasteiger charge is -2.32. The van der Waals surface area contributed by atoms with Crippen molar-refractivity contribution in [1.29, 1.82) is 0 Å². The van der Waals surface area contributed by atoms with Crippen LogP contribution in [0.3, 0.4) is 0 Å². The van der Waals surface area contributed by atoms with Gasteiger partial charge in [-0.15, -0.1) is 6.42 Å². The second kappa shape index (κ2) is 7.40. The van der Waals surface area contributed by atoms with E-state index >= 15 is 0 Å². The molecule has 0 saturated heterocycles.